The summed E-state index contributed by atoms with van der Waals surface area (Å²) in [5.41, 5.74) is 0.871. The van der Waals surface area contributed by atoms with Gasteiger partial charge in [-0.3, -0.25) is 4.79 Å². The third-order valence-electron chi connectivity index (χ3n) is 2.45. The molecule has 0 bridgehead atoms. The molecule has 1 aromatic carbocycles. The van der Waals surface area contributed by atoms with Gasteiger partial charge in [0.25, 0.3) is 0 Å². The zero-order valence-corrected chi connectivity index (χ0v) is 13.3. The van der Waals surface area contributed by atoms with Crippen molar-refractivity contribution in [2.24, 2.45) is 0 Å². The van der Waals surface area contributed by atoms with Crippen molar-refractivity contribution in [3.63, 3.8) is 0 Å². The SMILES string of the molecule is CC(Br)CCCNC(=O)Cc1ccc(Cl)c(Cl)c1. The maximum atomic E-state index is 11.7. The van der Waals surface area contributed by atoms with Crippen molar-refractivity contribution in [3.8, 4) is 0 Å². The Bertz CT molecular complexity index is 410. The lowest BCUT2D eigenvalue weighted by Crippen LogP contribution is -2.26. The van der Waals surface area contributed by atoms with Crippen LogP contribution in [0.2, 0.25) is 10.0 Å². The van der Waals surface area contributed by atoms with E-state index in [2.05, 4.69) is 28.2 Å². The largest absolute Gasteiger partial charge is 0.356 e. The Morgan fingerprint density at radius 1 is 1.39 bits per heavy atom. The van der Waals surface area contributed by atoms with Crippen LogP contribution < -0.4 is 5.32 Å². The van der Waals surface area contributed by atoms with Gasteiger partial charge in [0.1, 0.15) is 0 Å². The molecule has 0 aliphatic carbocycles. The maximum Gasteiger partial charge on any atom is 0.224 e. The molecular weight excluding hydrogens is 337 g/mol. The average Bonchev–Trinajstić information content (AvgIpc) is 2.29. The van der Waals surface area contributed by atoms with E-state index in [1.165, 1.54) is 0 Å². The lowest BCUT2D eigenvalue weighted by molar-refractivity contribution is -0.120. The molecule has 0 fully saturated rings. The number of nitrogens with one attached hydrogen (secondary N) is 1. The van der Waals surface area contributed by atoms with Gasteiger partial charge in [0, 0.05) is 11.4 Å². The van der Waals surface area contributed by atoms with Crippen molar-refractivity contribution < 1.29 is 4.79 Å². The number of hydrogen-bond acceptors (Lipinski definition) is 1. The first-order chi connectivity index (χ1) is 8.49. The van der Waals surface area contributed by atoms with Gasteiger partial charge in [0.2, 0.25) is 5.91 Å². The van der Waals surface area contributed by atoms with Crippen molar-refractivity contribution >= 4 is 45.0 Å². The first-order valence-corrected chi connectivity index (χ1v) is 7.51. The standard InChI is InChI=1S/C13H16BrCl2NO/c1-9(14)3-2-6-17-13(18)8-10-4-5-11(15)12(16)7-10/h4-5,7,9H,2-3,6,8H2,1H3,(H,17,18). The first-order valence-electron chi connectivity index (χ1n) is 5.83. The van der Waals surface area contributed by atoms with E-state index in [4.69, 9.17) is 23.2 Å². The molecule has 1 amide bonds. The lowest BCUT2D eigenvalue weighted by Gasteiger charge is -2.07. The molecule has 0 saturated heterocycles. The van der Waals surface area contributed by atoms with E-state index < -0.39 is 0 Å². The van der Waals surface area contributed by atoms with E-state index in [9.17, 15) is 4.79 Å². The smallest absolute Gasteiger partial charge is 0.224 e. The van der Waals surface area contributed by atoms with Gasteiger partial charge in [-0.25, -0.2) is 0 Å². The van der Waals surface area contributed by atoms with Crippen molar-refractivity contribution in [2.45, 2.75) is 31.0 Å². The van der Waals surface area contributed by atoms with Gasteiger partial charge >= 0.3 is 0 Å². The average molecular weight is 353 g/mol. The van der Waals surface area contributed by atoms with Gasteiger partial charge < -0.3 is 5.32 Å². The summed E-state index contributed by atoms with van der Waals surface area (Å²) in [6.07, 6.45) is 2.35. The Labute approximate surface area is 126 Å². The summed E-state index contributed by atoms with van der Waals surface area (Å²) < 4.78 is 0. The molecule has 1 rings (SSSR count). The van der Waals surface area contributed by atoms with Crippen LogP contribution in [0.25, 0.3) is 0 Å². The van der Waals surface area contributed by atoms with Crippen molar-refractivity contribution in [2.75, 3.05) is 6.54 Å². The summed E-state index contributed by atoms with van der Waals surface area (Å²) in [4.78, 5) is 12.1. The van der Waals surface area contributed by atoms with Crippen LogP contribution in [0.4, 0.5) is 0 Å². The Kier molecular flexibility index (Phi) is 7.05. The van der Waals surface area contributed by atoms with E-state index in [0.717, 1.165) is 18.4 Å². The molecule has 1 atom stereocenters. The van der Waals surface area contributed by atoms with Crippen LogP contribution in [0, 0.1) is 0 Å². The summed E-state index contributed by atoms with van der Waals surface area (Å²) in [6, 6.07) is 5.25. The summed E-state index contributed by atoms with van der Waals surface area (Å²) in [5.74, 6) is 0.00983. The third kappa shape index (κ3) is 6.07. The minimum Gasteiger partial charge on any atom is -0.356 e. The van der Waals surface area contributed by atoms with Crippen LogP contribution in [0.3, 0.4) is 0 Å². The maximum absolute atomic E-state index is 11.7. The first kappa shape index (κ1) is 15.8. The molecular formula is C13H16BrCl2NO. The number of rotatable bonds is 6. The molecule has 0 heterocycles. The zero-order chi connectivity index (χ0) is 13.5. The highest BCUT2D eigenvalue weighted by molar-refractivity contribution is 9.09. The Morgan fingerprint density at radius 2 is 2.11 bits per heavy atom. The lowest BCUT2D eigenvalue weighted by atomic mass is 10.1. The molecule has 0 aliphatic rings. The van der Waals surface area contributed by atoms with Crippen molar-refractivity contribution in [1.82, 2.24) is 5.32 Å². The minimum atomic E-state index is 0.00983. The Balaban J connectivity index is 2.33. The highest BCUT2D eigenvalue weighted by atomic mass is 79.9. The van der Waals surface area contributed by atoms with E-state index in [0.29, 0.717) is 27.8 Å². The van der Waals surface area contributed by atoms with Gasteiger partial charge in [-0.1, -0.05) is 52.1 Å². The van der Waals surface area contributed by atoms with Crippen LogP contribution in [-0.4, -0.2) is 17.3 Å². The Morgan fingerprint density at radius 3 is 2.72 bits per heavy atom. The van der Waals surface area contributed by atoms with Gasteiger partial charge in [0.05, 0.1) is 16.5 Å². The van der Waals surface area contributed by atoms with Crippen LogP contribution in [0.15, 0.2) is 18.2 Å². The molecule has 1 N–H and O–H groups in total. The van der Waals surface area contributed by atoms with Gasteiger partial charge in [-0.05, 0) is 30.5 Å². The minimum absolute atomic E-state index is 0.00983. The fourth-order valence-corrected chi connectivity index (χ4v) is 2.15. The monoisotopic (exact) mass is 351 g/mol. The summed E-state index contributed by atoms with van der Waals surface area (Å²) in [7, 11) is 0. The predicted molar refractivity (Wildman–Crippen MR) is 80.8 cm³/mol. The van der Waals surface area contributed by atoms with E-state index in [1.54, 1.807) is 12.1 Å². The number of carbonyl (C=O) groups is 1. The zero-order valence-electron chi connectivity index (χ0n) is 10.2. The van der Waals surface area contributed by atoms with E-state index >= 15 is 0 Å². The third-order valence-corrected chi connectivity index (χ3v) is 3.65. The second-order valence-corrected chi connectivity index (χ2v) is 6.58. The fraction of sp³-hybridized carbons (Fsp3) is 0.462. The van der Waals surface area contributed by atoms with Crippen LogP contribution in [0.5, 0.6) is 0 Å². The molecule has 0 saturated carbocycles. The van der Waals surface area contributed by atoms with Gasteiger partial charge in [-0.15, -0.1) is 0 Å². The number of alkyl halides is 1. The van der Waals surface area contributed by atoms with Gasteiger partial charge in [-0.2, -0.15) is 0 Å². The summed E-state index contributed by atoms with van der Waals surface area (Å²) in [5, 5.41) is 3.87. The highest BCUT2D eigenvalue weighted by Crippen LogP contribution is 2.22. The van der Waals surface area contributed by atoms with Crippen LogP contribution >= 0.6 is 39.1 Å². The normalized spacial score (nSPS) is 12.2. The summed E-state index contributed by atoms with van der Waals surface area (Å²) >= 11 is 15.2. The van der Waals surface area contributed by atoms with E-state index in [1.807, 2.05) is 6.07 Å². The number of benzene rings is 1. The van der Waals surface area contributed by atoms with Crippen LogP contribution in [-0.2, 0) is 11.2 Å². The molecule has 0 spiro atoms. The molecule has 18 heavy (non-hydrogen) atoms. The number of amides is 1. The number of carbonyl (C=O) groups excluding carboxylic acids is 1. The second kappa shape index (κ2) is 8.03. The highest BCUT2D eigenvalue weighted by Gasteiger charge is 2.05. The van der Waals surface area contributed by atoms with Crippen molar-refractivity contribution in [3.05, 3.63) is 33.8 Å². The molecule has 0 aromatic heterocycles. The number of halogens is 3. The van der Waals surface area contributed by atoms with Gasteiger partial charge in [0.15, 0.2) is 0 Å². The topological polar surface area (TPSA) is 29.1 Å². The van der Waals surface area contributed by atoms with Crippen LogP contribution in [0.1, 0.15) is 25.3 Å². The molecule has 5 heteroatoms. The quantitative estimate of drug-likeness (QED) is 0.602. The molecule has 2 nitrogen and oxygen atoms in total. The predicted octanol–water partition coefficient (Wildman–Crippen LogP) is 4.22. The number of hydrogen-bond donors (Lipinski definition) is 1. The Hall–Kier alpha value is -0.250. The summed E-state index contributed by atoms with van der Waals surface area (Å²) in [6.45, 7) is 2.80. The molecule has 0 radical (unpaired) electrons. The van der Waals surface area contributed by atoms with Crippen molar-refractivity contribution in [1.29, 1.82) is 0 Å². The van der Waals surface area contributed by atoms with E-state index in [-0.39, 0.29) is 5.91 Å². The molecule has 0 aliphatic heterocycles. The fourth-order valence-electron chi connectivity index (χ4n) is 1.51. The second-order valence-electron chi connectivity index (χ2n) is 4.20. The molecule has 1 aromatic rings. The molecule has 100 valence electrons. The molecule has 1 unspecified atom stereocenters.